The summed E-state index contributed by atoms with van der Waals surface area (Å²) in [5.41, 5.74) is 0. The summed E-state index contributed by atoms with van der Waals surface area (Å²) in [5.74, 6) is -32.5. The first-order valence-electron chi connectivity index (χ1n) is 4.43. The molecule has 0 aliphatic carbocycles. The summed E-state index contributed by atoms with van der Waals surface area (Å²) in [6.45, 7) is 0. The summed E-state index contributed by atoms with van der Waals surface area (Å²) in [6.07, 6.45) is -7.59. The van der Waals surface area contributed by atoms with Crippen molar-refractivity contribution in [2.24, 2.45) is 0 Å². The van der Waals surface area contributed by atoms with Crippen molar-refractivity contribution < 1.29 is 70.0 Å². The maximum atomic E-state index is 12.7. The van der Waals surface area contributed by atoms with Crippen molar-refractivity contribution in [3.8, 4) is 0 Å². The molecule has 18 heteroatoms. The van der Waals surface area contributed by atoms with E-state index in [0.29, 0.717) is 0 Å². The Bertz CT molecular complexity index is 565. The van der Waals surface area contributed by atoms with Crippen molar-refractivity contribution >= 4 is 68.3 Å². The molecule has 0 bridgehead atoms. The van der Waals surface area contributed by atoms with Crippen molar-refractivity contribution in [1.82, 2.24) is 0 Å². The number of hydrogen-bond donors (Lipinski definition) is 1. The predicted molar refractivity (Wildman–Crippen MR) is 49.5 cm³/mol. The number of halogens is 13. The fourth-order valence-electron chi connectivity index (χ4n) is 0.917. The van der Waals surface area contributed by atoms with E-state index in [1.54, 1.807) is 0 Å². The quantitative estimate of drug-likeness (QED) is 0.480. The topological polar surface area (TPSA) is 54.4 Å². The van der Waals surface area contributed by atoms with E-state index in [2.05, 4.69) is 0 Å². The molecular formula is C6H2F13O3RbS. The second kappa shape index (κ2) is 6.76. The van der Waals surface area contributed by atoms with Crippen LogP contribution in [0.2, 0.25) is 0 Å². The number of hydrogen-bond acceptors (Lipinski definition) is 2. The minimum atomic E-state index is -8.25. The third-order valence-corrected chi connectivity index (χ3v) is 3.13. The third-order valence-electron chi connectivity index (χ3n) is 2.23. The molecule has 0 aromatic heterocycles. The molecule has 0 atom stereocenters. The van der Waals surface area contributed by atoms with Gasteiger partial charge in [-0.15, -0.1) is 0 Å². The summed E-state index contributed by atoms with van der Waals surface area (Å²) >= 11 is 0. The molecule has 0 rings (SSSR count). The molecule has 142 valence electrons. The van der Waals surface area contributed by atoms with Crippen LogP contribution in [-0.2, 0) is 10.1 Å². The molecule has 0 unspecified atom stereocenters. The second-order valence-electron chi connectivity index (χ2n) is 3.79. The Balaban J connectivity index is 0. The van der Waals surface area contributed by atoms with Crippen LogP contribution in [0.4, 0.5) is 57.1 Å². The van der Waals surface area contributed by atoms with Gasteiger partial charge in [-0.2, -0.15) is 65.5 Å². The summed E-state index contributed by atoms with van der Waals surface area (Å²) in [7, 11) is -7.61. The minimum absolute atomic E-state index is 0. The Morgan fingerprint density at radius 2 is 0.792 bits per heavy atom. The van der Waals surface area contributed by atoms with Gasteiger partial charge >= 0.3 is 103 Å². The molecule has 0 radical (unpaired) electrons. The van der Waals surface area contributed by atoms with Crippen LogP contribution >= 0.6 is 0 Å². The Hall–Kier alpha value is 0.805. The Morgan fingerprint density at radius 3 is 1.00 bits per heavy atom. The Morgan fingerprint density at radius 1 is 0.542 bits per heavy atom. The van der Waals surface area contributed by atoms with Crippen LogP contribution in [0.25, 0.3) is 0 Å². The van der Waals surface area contributed by atoms with Gasteiger partial charge in [0.25, 0.3) is 0 Å². The molecule has 0 spiro atoms. The van der Waals surface area contributed by atoms with E-state index in [-0.39, 0.29) is 58.2 Å². The van der Waals surface area contributed by atoms with E-state index < -0.39 is 45.2 Å². The van der Waals surface area contributed by atoms with Crippen molar-refractivity contribution in [3.05, 3.63) is 0 Å². The van der Waals surface area contributed by atoms with E-state index >= 15 is 0 Å². The van der Waals surface area contributed by atoms with Crippen LogP contribution in [0.15, 0.2) is 0 Å². The van der Waals surface area contributed by atoms with Gasteiger partial charge in [-0.3, -0.25) is 4.55 Å². The molecule has 3 nitrogen and oxygen atoms in total. The van der Waals surface area contributed by atoms with Crippen molar-refractivity contribution in [2.75, 3.05) is 0 Å². The van der Waals surface area contributed by atoms with Crippen LogP contribution in [0.3, 0.4) is 0 Å². The van der Waals surface area contributed by atoms with E-state index in [1.165, 1.54) is 0 Å². The molecule has 0 saturated carbocycles. The van der Waals surface area contributed by atoms with Crippen molar-refractivity contribution in [1.29, 1.82) is 0 Å². The van der Waals surface area contributed by atoms with E-state index in [4.69, 9.17) is 4.55 Å². The molecule has 1 N–H and O–H groups in total. The second-order valence-corrected chi connectivity index (χ2v) is 5.25. The Labute approximate surface area is 172 Å². The third kappa shape index (κ3) is 3.61. The average molecular weight is 487 g/mol. The summed E-state index contributed by atoms with van der Waals surface area (Å²) in [6, 6.07) is 0. The Kier molecular flexibility index (Phi) is 7.61. The van der Waals surface area contributed by atoms with E-state index in [0.717, 1.165) is 0 Å². The zero-order valence-electron chi connectivity index (χ0n) is 9.59. The summed E-state index contributed by atoms with van der Waals surface area (Å²) < 4.78 is 188. The van der Waals surface area contributed by atoms with Crippen LogP contribution in [0, 0.1) is 0 Å². The van der Waals surface area contributed by atoms with Gasteiger partial charge in [-0.25, -0.2) is 0 Å². The molecule has 24 heavy (non-hydrogen) atoms. The van der Waals surface area contributed by atoms with Gasteiger partial charge in [0.1, 0.15) is 0 Å². The fraction of sp³-hybridized carbons (Fsp3) is 1.00. The molecule has 0 aliphatic rings. The van der Waals surface area contributed by atoms with Crippen LogP contribution < -0.4 is 0 Å². The number of rotatable bonds is 5. The fourth-order valence-corrected chi connectivity index (χ4v) is 1.37. The molecule has 0 aromatic carbocycles. The monoisotopic (exact) mass is 486 g/mol. The van der Waals surface area contributed by atoms with Gasteiger partial charge in [-0.05, 0) is 0 Å². The summed E-state index contributed by atoms with van der Waals surface area (Å²) in [4.78, 5) is 0. The average Bonchev–Trinajstić information content (AvgIpc) is 2.24. The first-order chi connectivity index (χ1) is 9.50. The zero-order valence-corrected chi connectivity index (χ0v) is 10.4. The molecule has 0 heterocycles. The number of alkyl halides is 13. The predicted octanol–water partition coefficient (Wildman–Crippen LogP) is 2.92. The molecule has 0 saturated heterocycles. The standard InChI is InChI=1S/C6HF13O3S.Rb.H/c7-1(8,3(11,12)5(15,16)17)2(9,10)4(13,14)6(18,19)23(20,21)22;;/h(H,20,21,22);;. The summed E-state index contributed by atoms with van der Waals surface area (Å²) in [5, 5.41) is -7.52. The van der Waals surface area contributed by atoms with E-state index in [1.807, 2.05) is 0 Å². The van der Waals surface area contributed by atoms with Crippen molar-refractivity contribution in [2.45, 2.75) is 35.1 Å². The SMILES string of the molecule is O=S(=O)(O)C(F)(F)C(F)(F)C(F)(F)C(F)(F)C(F)(F)C(F)(F)F.[RbH]. The molecule has 0 fully saturated rings. The van der Waals surface area contributed by atoms with E-state index in [9.17, 15) is 65.5 Å². The van der Waals surface area contributed by atoms with Crippen LogP contribution in [0.1, 0.15) is 0 Å². The molecule has 0 aliphatic heterocycles. The van der Waals surface area contributed by atoms with Gasteiger partial charge in [0.05, 0.1) is 0 Å². The van der Waals surface area contributed by atoms with Gasteiger partial charge in [0, 0.05) is 0 Å². The van der Waals surface area contributed by atoms with Gasteiger partial charge < -0.3 is 0 Å². The van der Waals surface area contributed by atoms with Gasteiger partial charge in [0.15, 0.2) is 0 Å². The normalized spacial score (nSPS) is 15.9. The zero-order chi connectivity index (χ0) is 19.5. The van der Waals surface area contributed by atoms with Crippen molar-refractivity contribution in [3.63, 3.8) is 0 Å². The molecule has 0 aromatic rings. The molecule has 0 amide bonds. The van der Waals surface area contributed by atoms with Gasteiger partial charge in [0.2, 0.25) is 0 Å². The maximum absolute atomic E-state index is 12.7. The van der Waals surface area contributed by atoms with Crippen LogP contribution in [-0.4, -0.2) is 106 Å². The molecular weight excluding hydrogens is 485 g/mol. The van der Waals surface area contributed by atoms with Crippen LogP contribution in [0.5, 0.6) is 0 Å². The first kappa shape index (κ1) is 27.0. The van der Waals surface area contributed by atoms with Gasteiger partial charge in [-0.1, -0.05) is 0 Å². The first-order valence-corrected chi connectivity index (χ1v) is 5.87.